The maximum Gasteiger partial charge on any atom is 0.417 e. The van der Waals surface area contributed by atoms with Crippen LogP contribution in [0.5, 0.6) is 0 Å². The first-order valence-electron chi connectivity index (χ1n) is 8.31. The molecule has 150 valence electrons. The SMILES string of the molecule is O=C(Cn1nc(N2CCOCC2)ccc1=O)Nc1ccc(Cl)c(C(F)(F)F)c1. The van der Waals surface area contributed by atoms with Gasteiger partial charge in [0.15, 0.2) is 0 Å². The maximum atomic E-state index is 12.9. The predicted octanol–water partition coefficient (Wildman–Crippen LogP) is 2.39. The van der Waals surface area contributed by atoms with Crippen LogP contribution >= 0.6 is 11.6 Å². The average Bonchev–Trinajstić information content (AvgIpc) is 2.65. The van der Waals surface area contributed by atoms with Crippen molar-refractivity contribution in [1.29, 1.82) is 0 Å². The summed E-state index contributed by atoms with van der Waals surface area (Å²) in [5.74, 6) is -0.175. The van der Waals surface area contributed by atoms with E-state index >= 15 is 0 Å². The molecule has 1 aliphatic rings. The maximum absolute atomic E-state index is 12.9. The first-order valence-corrected chi connectivity index (χ1v) is 8.69. The number of morpholine rings is 1. The summed E-state index contributed by atoms with van der Waals surface area (Å²) in [7, 11) is 0. The topological polar surface area (TPSA) is 76.5 Å². The third-order valence-electron chi connectivity index (χ3n) is 4.04. The van der Waals surface area contributed by atoms with Gasteiger partial charge in [-0.3, -0.25) is 9.59 Å². The highest BCUT2D eigenvalue weighted by Gasteiger charge is 2.33. The van der Waals surface area contributed by atoms with Gasteiger partial charge in [0.25, 0.3) is 5.56 Å². The molecule has 1 N–H and O–H groups in total. The molecule has 1 saturated heterocycles. The number of hydrogen-bond donors (Lipinski definition) is 1. The van der Waals surface area contributed by atoms with Crippen LogP contribution in [0.2, 0.25) is 5.02 Å². The number of rotatable bonds is 4. The molecule has 0 atom stereocenters. The number of nitrogens with one attached hydrogen (secondary N) is 1. The van der Waals surface area contributed by atoms with Gasteiger partial charge in [-0.05, 0) is 24.3 Å². The van der Waals surface area contributed by atoms with Crippen LogP contribution in [0.25, 0.3) is 0 Å². The van der Waals surface area contributed by atoms with Gasteiger partial charge in [-0.1, -0.05) is 11.6 Å². The lowest BCUT2D eigenvalue weighted by Gasteiger charge is -2.27. The molecule has 0 radical (unpaired) electrons. The van der Waals surface area contributed by atoms with Gasteiger partial charge in [-0.2, -0.15) is 18.3 Å². The Morgan fingerprint density at radius 3 is 2.61 bits per heavy atom. The largest absolute Gasteiger partial charge is 0.417 e. The van der Waals surface area contributed by atoms with Crippen molar-refractivity contribution in [2.24, 2.45) is 0 Å². The second kappa shape index (κ2) is 8.19. The number of halogens is 4. The van der Waals surface area contributed by atoms with E-state index in [2.05, 4.69) is 10.4 Å². The number of benzene rings is 1. The predicted molar refractivity (Wildman–Crippen MR) is 96.6 cm³/mol. The Labute approximate surface area is 162 Å². The summed E-state index contributed by atoms with van der Waals surface area (Å²) in [5, 5.41) is 6.02. The first-order chi connectivity index (χ1) is 13.2. The van der Waals surface area contributed by atoms with Crippen LogP contribution in [0.15, 0.2) is 35.1 Å². The first kappa shape index (κ1) is 20.2. The van der Waals surface area contributed by atoms with Gasteiger partial charge in [0.2, 0.25) is 5.91 Å². The lowest BCUT2D eigenvalue weighted by atomic mass is 10.2. The fraction of sp³-hybridized carbons (Fsp3) is 0.353. The van der Waals surface area contributed by atoms with E-state index in [1.165, 1.54) is 12.1 Å². The van der Waals surface area contributed by atoms with Crippen LogP contribution in [-0.2, 0) is 22.3 Å². The van der Waals surface area contributed by atoms with Crippen molar-refractivity contribution in [3.63, 3.8) is 0 Å². The van der Waals surface area contributed by atoms with Crippen molar-refractivity contribution in [1.82, 2.24) is 9.78 Å². The number of carbonyl (C=O) groups excluding carboxylic acids is 1. The molecular weight excluding hydrogens is 401 g/mol. The quantitative estimate of drug-likeness (QED) is 0.828. The Bertz CT molecular complexity index is 927. The van der Waals surface area contributed by atoms with E-state index < -0.39 is 34.8 Å². The van der Waals surface area contributed by atoms with Crippen molar-refractivity contribution in [2.45, 2.75) is 12.7 Å². The Hall–Kier alpha value is -2.59. The van der Waals surface area contributed by atoms with E-state index in [1.54, 1.807) is 6.07 Å². The zero-order chi connectivity index (χ0) is 20.3. The molecule has 2 aromatic rings. The van der Waals surface area contributed by atoms with Crippen molar-refractivity contribution in [3.05, 3.63) is 51.3 Å². The van der Waals surface area contributed by atoms with E-state index in [9.17, 15) is 22.8 Å². The van der Waals surface area contributed by atoms with Gasteiger partial charge in [0, 0.05) is 24.8 Å². The third-order valence-corrected chi connectivity index (χ3v) is 4.37. The fourth-order valence-electron chi connectivity index (χ4n) is 2.67. The molecule has 1 amide bonds. The summed E-state index contributed by atoms with van der Waals surface area (Å²) < 4.78 is 45.0. The molecule has 0 saturated carbocycles. The van der Waals surface area contributed by atoms with E-state index in [0.29, 0.717) is 32.1 Å². The van der Waals surface area contributed by atoms with Gasteiger partial charge in [0.1, 0.15) is 12.4 Å². The summed E-state index contributed by atoms with van der Waals surface area (Å²) in [6, 6.07) is 5.87. The van der Waals surface area contributed by atoms with Gasteiger partial charge >= 0.3 is 6.18 Å². The molecule has 0 bridgehead atoms. The lowest BCUT2D eigenvalue weighted by molar-refractivity contribution is -0.137. The Morgan fingerprint density at radius 2 is 1.93 bits per heavy atom. The van der Waals surface area contributed by atoms with E-state index in [1.807, 2.05) is 4.90 Å². The van der Waals surface area contributed by atoms with Crippen molar-refractivity contribution >= 4 is 29.0 Å². The van der Waals surface area contributed by atoms with E-state index in [-0.39, 0.29) is 5.69 Å². The lowest BCUT2D eigenvalue weighted by Crippen LogP contribution is -2.38. The zero-order valence-corrected chi connectivity index (χ0v) is 15.3. The molecule has 1 aromatic heterocycles. The van der Waals surface area contributed by atoms with Crippen LogP contribution in [-0.4, -0.2) is 42.0 Å². The molecule has 0 spiro atoms. The molecule has 0 unspecified atom stereocenters. The van der Waals surface area contributed by atoms with Crippen molar-refractivity contribution in [2.75, 3.05) is 36.5 Å². The van der Waals surface area contributed by atoms with Crippen molar-refractivity contribution in [3.8, 4) is 0 Å². The number of anilines is 2. The van der Waals surface area contributed by atoms with E-state index in [0.717, 1.165) is 16.8 Å². The Balaban J connectivity index is 1.74. The minimum atomic E-state index is -4.65. The summed E-state index contributed by atoms with van der Waals surface area (Å²) in [6.45, 7) is 1.81. The monoisotopic (exact) mass is 416 g/mol. The molecule has 7 nitrogen and oxygen atoms in total. The molecular formula is C17H16ClF3N4O3. The second-order valence-electron chi connectivity index (χ2n) is 6.03. The highest BCUT2D eigenvalue weighted by molar-refractivity contribution is 6.31. The number of alkyl halides is 3. The standard InChI is InChI=1S/C17H16ClF3N4O3/c18-13-2-1-11(9-12(13)17(19,20)21)22-15(26)10-25-16(27)4-3-14(23-25)24-5-7-28-8-6-24/h1-4,9H,5-8,10H2,(H,22,26). The van der Waals surface area contributed by atoms with Crippen LogP contribution in [0.3, 0.4) is 0 Å². The summed E-state index contributed by atoms with van der Waals surface area (Å²) in [4.78, 5) is 26.1. The zero-order valence-electron chi connectivity index (χ0n) is 14.5. The van der Waals surface area contributed by atoms with Gasteiger partial charge in [0.05, 0.1) is 23.8 Å². The molecule has 11 heteroatoms. The molecule has 3 rings (SSSR count). The van der Waals surface area contributed by atoms with E-state index in [4.69, 9.17) is 16.3 Å². The fourth-order valence-corrected chi connectivity index (χ4v) is 2.89. The third kappa shape index (κ3) is 4.82. The Morgan fingerprint density at radius 1 is 1.21 bits per heavy atom. The van der Waals surface area contributed by atoms with Gasteiger partial charge < -0.3 is 15.0 Å². The van der Waals surface area contributed by atoms with Crippen LogP contribution in [0.4, 0.5) is 24.7 Å². The smallest absolute Gasteiger partial charge is 0.378 e. The van der Waals surface area contributed by atoms with Crippen molar-refractivity contribution < 1.29 is 22.7 Å². The normalized spacial score (nSPS) is 14.8. The second-order valence-corrected chi connectivity index (χ2v) is 6.43. The summed E-state index contributed by atoms with van der Waals surface area (Å²) in [6.07, 6.45) is -4.65. The van der Waals surface area contributed by atoms with Gasteiger partial charge in [-0.25, -0.2) is 4.68 Å². The molecule has 0 aliphatic carbocycles. The molecule has 1 aromatic carbocycles. The Kier molecular flexibility index (Phi) is 5.90. The van der Waals surface area contributed by atoms with Crippen LogP contribution in [0, 0.1) is 0 Å². The average molecular weight is 417 g/mol. The van der Waals surface area contributed by atoms with Crippen LogP contribution in [0.1, 0.15) is 5.56 Å². The molecule has 1 aliphatic heterocycles. The number of hydrogen-bond acceptors (Lipinski definition) is 5. The van der Waals surface area contributed by atoms with Gasteiger partial charge in [-0.15, -0.1) is 0 Å². The number of nitrogens with zero attached hydrogens (tertiary/aromatic N) is 3. The highest BCUT2D eigenvalue weighted by Crippen LogP contribution is 2.36. The minimum Gasteiger partial charge on any atom is -0.378 e. The van der Waals surface area contributed by atoms with Crippen LogP contribution < -0.4 is 15.8 Å². The molecule has 1 fully saturated rings. The number of carbonyl (C=O) groups is 1. The molecule has 2 heterocycles. The highest BCUT2D eigenvalue weighted by atomic mass is 35.5. The summed E-state index contributed by atoms with van der Waals surface area (Å²) >= 11 is 5.56. The number of aromatic nitrogens is 2. The minimum absolute atomic E-state index is 0.0842. The number of ether oxygens (including phenoxy) is 1. The summed E-state index contributed by atoms with van der Waals surface area (Å²) in [5.41, 5.74) is -1.64. The molecule has 28 heavy (non-hydrogen) atoms. The number of amides is 1.